The Morgan fingerprint density at radius 2 is 1.87 bits per heavy atom. The van der Waals surface area contributed by atoms with Crippen LogP contribution >= 0.6 is 35.4 Å². The van der Waals surface area contributed by atoms with Crippen LogP contribution in [0.1, 0.15) is 5.56 Å². The second-order valence-corrected chi connectivity index (χ2v) is 5.73. The predicted octanol–water partition coefficient (Wildman–Crippen LogP) is 4.94. The van der Waals surface area contributed by atoms with Gasteiger partial charge in [-0.25, -0.2) is 9.49 Å². The Morgan fingerprint density at radius 3 is 2.61 bits per heavy atom. The highest BCUT2D eigenvalue weighted by molar-refractivity contribution is 7.71. The highest BCUT2D eigenvalue weighted by atomic mass is 35.5. The maximum atomic E-state index is 13.8. The summed E-state index contributed by atoms with van der Waals surface area (Å²) >= 11 is 17.3. The third-order valence-corrected chi connectivity index (χ3v) is 3.99. The van der Waals surface area contributed by atoms with Crippen LogP contribution in [0.5, 0.6) is 0 Å². The number of aromatic amines is 1. The van der Waals surface area contributed by atoms with E-state index in [0.717, 1.165) is 0 Å². The van der Waals surface area contributed by atoms with Crippen LogP contribution in [0.25, 0.3) is 11.4 Å². The van der Waals surface area contributed by atoms with E-state index in [9.17, 15) is 4.39 Å². The molecule has 3 aromatic rings. The summed E-state index contributed by atoms with van der Waals surface area (Å²) < 4.78 is 15.4. The molecule has 0 spiro atoms. The molecule has 0 bridgehead atoms. The van der Waals surface area contributed by atoms with E-state index in [4.69, 9.17) is 35.4 Å². The largest absolute Gasteiger partial charge is 0.250 e. The molecule has 23 heavy (non-hydrogen) atoms. The van der Waals surface area contributed by atoms with Gasteiger partial charge >= 0.3 is 0 Å². The summed E-state index contributed by atoms with van der Waals surface area (Å²) in [7, 11) is 0. The third kappa shape index (κ3) is 3.19. The molecule has 3 rings (SSSR count). The van der Waals surface area contributed by atoms with Crippen LogP contribution < -0.4 is 0 Å². The number of H-pyrrole nitrogens is 1. The van der Waals surface area contributed by atoms with Gasteiger partial charge in [-0.1, -0.05) is 41.4 Å². The van der Waals surface area contributed by atoms with E-state index in [1.54, 1.807) is 24.3 Å². The molecule has 0 fully saturated rings. The van der Waals surface area contributed by atoms with E-state index >= 15 is 0 Å². The normalized spacial score (nSPS) is 11.3. The second kappa shape index (κ2) is 6.62. The highest BCUT2D eigenvalue weighted by Crippen LogP contribution is 2.26. The second-order valence-electron chi connectivity index (χ2n) is 4.52. The molecule has 0 amide bonds. The molecule has 0 aliphatic rings. The third-order valence-electron chi connectivity index (χ3n) is 3.07. The summed E-state index contributed by atoms with van der Waals surface area (Å²) in [6.45, 7) is 0. The van der Waals surface area contributed by atoms with E-state index in [-0.39, 0.29) is 15.4 Å². The quantitative estimate of drug-likeness (QED) is 0.527. The van der Waals surface area contributed by atoms with Gasteiger partial charge in [0.1, 0.15) is 5.82 Å². The van der Waals surface area contributed by atoms with Gasteiger partial charge in [-0.15, -0.1) is 0 Å². The van der Waals surface area contributed by atoms with Crippen molar-refractivity contribution in [3.05, 3.63) is 68.7 Å². The molecular formula is C15H9Cl2FN4S. The van der Waals surface area contributed by atoms with Crippen molar-refractivity contribution in [1.29, 1.82) is 0 Å². The molecule has 116 valence electrons. The Balaban J connectivity index is 2.09. The Bertz CT molecular complexity index is 928. The Hall–Kier alpha value is -2.02. The van der Waals surface area contributed by atoms with Crippen molar-refractivity contribution in [1.82, 2.24) is 14.9 Å². The van der Waals surface area contributed by atoms with Gasteiger partial charge < -0.3 is 0 Å². The molecular weight excluding hydrogens is 358 g/mol. The summed E-state index contributed by atoms with van der Waals surface area (Å²) in [5, 5.41) is 11.7. The maximum Gasteiger partial charge on any atom is 0.216 e. The minimum Gasteiger partial charge on any atom is -0.250 e. The van der Waals surface area contributed by atoms with Gasteiger partial charge in [0.25, 0.3) is 0 Å². The number of hydrogen-bond donors (Lipinski definition) is 1. The van der Waals surface area contributed by atoms with Crippen molar-refractivity contribution in [3.8, 4) is 11.4 Å². The molecule has 0 saturated heterocycles. The van der Waals surface area contributed by atoms with Gasteiger partial charge in [0, 0.05) is 11.1 Å². The van der Waals surface area contributed by atoms with Crippen LogP contribution in [0.4, 0.5) is 4.39 Å². The number of aromatic nitrogens is 3. The number of hydrogen-bond acceptors (Lipinski definition) is 3. The van der Waals surface area contributed by atoms with Crippen LogP contribution in [0.2, 0.25) is 10.0 Å². The molecule has 0 unspecified atom stereocenters. The smallest absolute Gasteiger partial charge is 0.216 e. The van der Waals surface area contributed by atoms with Crippen LogP contribution in [-0.2, 0) is 0 Å². The predicted molar refractivity (Wildman–Crippen MR) is 92.3 cm³/mol. The van der Waals surface area contributed by atoms with Crippen LogP contribution in [0.15, 0.2) is 47.6 Å². The summed E-state index contributed by atoms with van der Waals surface area (Å²) in [5.41, 5.74) is 0.820. The Labute approximate surface area is 146 Å². The van der Waals surface area contributed by atoms with Crippen molar-refractivity contribution in [3.63, 3.8) is 0 Å². The fraction of sp³-hybridized carbons (Fsp3) is 0. The monoisotopic (exact) mass is 366 g/mol. The lowest BCUT2D eigenvalue weighted by Crippen LogP contribution is -1.97. The van der Waals surface area contributed by atoms with Gasteiger partial charge in [0.05, 0.1) is 16.3 Å². The first kappa shape index (κ1) is 15.9. The Morgan fingerprint density at radius 1 is 1.13 bits per heavy atom. The number of benzene rings is 2. The van der Waals surface area contributed by atoms with Crippen molar-refractivity contribution < 1.29 is 4.39 Å². The average molecular weight is 367 g/mol. The molecule has 8 heteroatoms. The molecule has 1 N–H and O–H groups in total. The lowest BCUT2D eigenvalue weighted by molar-refractivity contribution is 0.625. The number of halogens is 3. The lowest BCUT2D eigenvalue weighted by atomic mass is 10.2. The first-order valence-corrected chi connectivity index (χ1v) is 7.65. The van der Waals surface area contributed by atoms with E-state index in [1.807, 2.05) is 6.07 Å². The van der Waals surface area contributed by atoms with E-state index in [1.165, 1.54) is 23.0 Å². The fourth-order valence-electron chi connectivity index (χ4n) is 1.97. The minimum atomic E-state index is -0.476. The number of nitrogens with one attached hydrogen (secondary N) is 1. The minimum absolute atomic E-state index is 0.169. The lowest BCUT2D eigenvalue weighted by Gasteiger charge is -2.03. The van der Waals surface area contributed by atoms with Gasteiger partial charge in [-0.3, -0.25) is 0 Å². The molecule has 1 aromatic heterocycles. The summed E-state index contributed by atoms with van der Waals surface area (Å²) in [6.07, 6.45) is 1.29. The van der Waals surface area contributed by atoms with Crippen LogP contribution in [-0.4, -0.2) is 21.1 Å². The van der Waals surface area contributed by atoms with Gasteiger partial charge in [0.2, 0.25) is 4.77 Å². The van der Waals surface area contributed by atoms with E-state index in [0.29, 0.717) is 16.4 Å². The van der Waals surface area contributed by atoms with Crippen LogP contribution in [0.3, 0.4) is 0 Å². The zero-order valence-electron chi connectivity index (χ0n) is 11.5. The van der Waals surface area contributed by atoms with Crippen molar-refractivity contribution in [2.75, 3.05) is 0 Å². The average Bonchev–Trinajstić information content (AvgIpc) is 2.88. The first-order chi connectivity index (χ1) is 11.1. The molecule has 2 aromatic carbocycles. The van der Waals surface area contributed by atoms with Gasteiger partial charge in [-0.2, -0.15) is 14.9 Å². The van der Waals surface area contributed by atoms with E-state index in [2.05, 4.69) is 15.3 Å². The highest BCUT2D eigenvalue weighted by Gasteiger charge is 2.11. The van der Waals surface area contributed by atoms with E-state index < -0.39 is 5.82 Å². The standard InChI is InChI=1S/C15H9Cl2FN4S/c16-11-5-2-1-4-9(11)14-20-21-15(23)22(14)19-8-10-12(17)6-3-7-13(10)18/h1-8H,(H,21,23)/b19-8+. The number of rotatable bonds is 3. The Kier molecular flexibility index (Phi) is 4.56. The molecule has 0 atom stereocenters. The van der Waals surface area contributed by atoms with Crippen molar-refractivity contribution in [2.24, 2.45) is 5.10 Å². The summed E-state index contributed by atoms with van der Waals surface area (Å²) in [5.74, 6) is -0.0557. The topological polar surface area (TPSA) is 46.0 Å². The molecule has 0 aliphatic heterocycles. The zero-order chi connectivity index (χ0) is 16.4. The molecule has 0 aliphatic carbocycles. The van der Waals surface area contributed by atoms with Gasteiger partial charge in [-0.05, 0) is 36.5 Å². The maximum absolute atomic E-state index is 13.8. The zero-order valence-corrected chi connectivity index (χ0v) is 13.8. The van der Waals surface area contributed by atoms with Gasteiger partial charge in [0.15, 0.2) is 5.82 Å². The molecule has 4 nitrogen and oxygen atoms in total. The molecule has 0 radical (unpaired) electrons. The fourth-order valence-corrected chi connectivity index (χ4v) is 2.58. The van der Waals surface area contributed by atoms with Crippen molar-refractivity contribution >= 4 is 41.6 Å². The summed E-state index contributed by atoms with van der Waals surface area (Å²) in [4.78, 5) is 0. The summed E-state index contributed by atoms with van der Waals surface area (Å²) in [6, 6.07) is 11.5. The first-order valence-electron chi connectivity index (χ1n) is 6.48. The molecule has 0 saturated carbocycles. The number of nitrogens with zero attached hydrogens (tertiary/aromatic N) is 3. The SMILES string of the molecule is Fc1cccc(Cl)c1/C=N/n1c(-c2ccccc2Cl)n[nH]c1=S. The molecule has 1 heterocycles. The van der Waals surface area contributed by atoms with Crippen molar-refractivity contribution in [2.45, 2.75) is 0 Å². The van der Waals surface area contributed by atoms with Crippen LogP contribution in [0, 0.1) is 10.6 Å².